The Balaban J connectivity index is 2.14. The summed E-state index contributed by atoms with van der Waals surface area (Å²) in [5, 5.41) is 11.9. The average molecular weight is 239 g/mol. The Labute approximate surface area is 98.4 Å². The first-order valence-electron chi connectivity index (χ1n) is 5.52. The second kappa shape index (κ2) is 5.14. The molecule has 2 unspecified atom stereocenters. The predicted octanol–water partition coefficient (Wildman–Crippen LogP) is 1.46. The van der Waals surface area contributed by atoms with Crippen molar-refractivity contribution in [1.82, 2.24) is 5.32 Å². The first kappa shape index (κ1) is 11.9. The van der Waals surface area contributed by atoms with Gasteiger partial charge in [-0.15, -0.1) is 0 Å². The van der Waals surface area contributed by atoms with Crippen LogP contribution < -0.4 is 10.1 Å². The lowest BCUT2D eigenvalue weighted by Crippen LogP contribution is -2.44. The molecule has 0 bridgehead atoms. The molecule has 1 aliphatic rings. The standard InChI is InChI=1S/C12H14FNO3/c13-9-7-14-6-5-11(9)17-10-4-2-1-3-8(10)12(15)16/h1-4,9,11,14H,5-7H2,(H,15,16). The second-order valence-corrected chi connectivity index (χ2v) is 3.97. The van der Waals surface area contributed by atoms with Crippen LogP contribution in [0.4, 0.5) is 4.39 Å². The molecule has 1 aromatic carbocycles. The molecular weight excluding hydrogens is 225 g/mol. The maximum absolute atomic E-state index is 13.5. The summed E-state index contributed by atoms with van der Waals surface area (Å²) in [6.07, 6.45) is -1.14. The predicted molar refractivity (Wildman–Crippen MR) is 60.2 cm³/mol. The lowest BCUT2D eigenvalue weighted by Gasteiger charge is -2.27. The second-order valence-electron chi connectivity index (χ2n) is 3.97. The number of benzene rings is 1. The zero-order valence-corrected chi connectivity index (χ0v) is 9.23. The van der Waals surface area contributed by atoms with Crippen molar-refractivity contribution in [1.29, 1.82) is 0 Å². The number of carboxylic acid groups (broad SMARTS) is 1. The molecule has 0 saturated carbocycles. The van der Waals surface area contributed by atoms with Gasteiger partial charge < -0.3 is 15.2 Å². The number of hydrogen-bond acceptors (Lipinski definition) is 3. The molecule has 17 heavy (non-hydrogen) atoms. The maximum Gasteiger partial charge on any atom is 0.339 e. The molecule has 0 amide bonds. The van der Waals surface area contributed by atoms with Crippen molar-refractivity contribution in [3.05, 3.63) is 29.8 Å². The first-order valence-corrected chi connectivity index (χ1v) is 5.52. The lowest BCUT2D eigenvalue weighted by atomic mass is 10.1. The third kappa shape index (κ3) is 2.74. The number of carboxylic acids is 1. The van der Waals surface area contributed by atoms with Gasteiger partial charge in [0, 0.05) is 6.54 Å². The fourth-order valence-corrected chi connectivity index (χ4v) is 1.84. The Morgan fingerprint density at radius 2 is 2.24 bits per heavy atom. The number of ether oxygens (including phenoxy) is 1. The van der Waals surface area contributed by atoms with Gasteiger partial charge in [0.2, 0.25) is 0 Å². The van der Waals surface area contributed by atoms with Gasteiger partial charge in [-0.3, -0.25) is 0 Å². The van der Waals surface area contributed by atoms with Gasteiger partial charge in [-0.25, -0.2) is 9.18 Å². The highest BCUT2D eigenvalue weighted by Gasteiger charge is 2.27. The first-order chi connectivity index (χ1) is 8.18. The Bertz CT molecular complexity index is 410. The Morgan fingerprint density at radius 3 is 2.94 bits per heavy atom. The summed E-state index contributed by atoms with van der Waals surface area (Å²) in [4.78, 5) is 11.0. The minimum Gasteiger partial charge on any atom is -0.486 e. The van der Waals surface area contributed by atoms with Crippen molar-refractivity contribution in [2.24, 2.45) is 0 Å². The van der Waals surface area contributed by atoms with Crippen molar-refractivity contribution in [2.45, 2.75) is 18.7 Å². The van der Waals surface area contributed by atoms with E-state index in [0.717, 1.165) is 0 Å². The zero-order valence-electron chi connectivity index (χ0n) is 9.23. The molecule has 4 nitrogen and oxygen atoms in total. The van der Waals surface area contributed by atoms with Crippen molar-refractivity contribution in [3.8, 4) is 5.75 Å². The molecule has 92 valence electrons. The van der Waals surface area contributed by atoms with Crippen molar-refractivity contribution in [3.63, 3.8) is 0 Å². The number of carbonyl (C=O) groups is 1. The summed E-state index contributed by atoms with van der Waals surface area (Å²) in [5.41, 5.74) is 0.0678. The van der Waals surface area contributed by atoms with Gasteiger partial charge in [-0.2, -0.15) is 0 Å². The maximum atomic E-state index is 13.5. The van der Waals surface area contributed by atoms with Crippen LogP contribution in [0, 0.1) is 0 Å². The molecule has 1 aromatic rings. The van der Waals surface area contributed by atoms with E-state index in [9.17, 15) is 9.18 Å². The molecule has 2 atom stereocenters. The minimum atomic E-state index is -1.11. The largest absolute Gasteiger partial charge is 0.486 e. The summed E-state index contributed by atoms with van der Waals surface area (Å²) >= 11 is 0. The van der Waals surface area contributed by atoms with E-state index in [2.05, 4.69) is 5.32 Å². The van der Waals surface area contributed by atoms with E-state index in [1.807, 2.05) is 0 Å². The zero-order chi connectivity index (χ0) is 12.3. The van der Waals surface area contributed by atoms with Crippen LogP contribution in [-0.4, -0.2) is 36.4 Å². The number of nitrogens with one attached hydrogen (secondary N) is 1. The lowest BCUT2D eigenvalue weighted by molar-refractivity contribution is 0.0628. The molecule has 1 saturated heterocycles. The highest BCUT2D eigenvalue weighted by atomic mass is 19.1. The smallest absolute Gasteiger partial charge is 0.339 e. The van der Waals surface area contributed by atoms with Crippen LogP contribution in [0.5, 0.6) is 5.75 Å². The van der Waals surface area contributed by atoms with Crippen molar-refractivity contribution in [2.75, 3.05) is 13.1 Å². The van der Waals surface area contributed by atoms with Gasteiger partial charge in [-0.1, -0.05) is 12.1 Å². The minimum absolute atomic E-state index is 0.0678. The number of halogens is 1. The summed E-state index contributed by atoms with van der Waals surface area (Å²) in [7, 11) is 0. The number of para-hydroxylation sites is 1. The van der Waals surface area contributed by atoms with Crippen molar-refractivity contribution < 1.29 is 19.0 Å². The molecule has 0 spiro atoms. The molecule has 1 aliphatic heterocycles. The Hall–Kier alpha value is -1.62. The van der Waals surface area contributed by atoms with E-state index < -0.39 is 18.2 Å². The van der Waals surface area contributed by atoms with Crippen LogP contribution in [-0.2, 0) is 0 Å². The summed E-state index contributed by atoms with van der Waals surface area (Å²) in [5.74, 6) is -0.834. The fourth-order valence-electron chi connectivity index (χ4n) is 1.84. The summed E-state index contributed by atoms with van der Waals surface area (Å²) in [6.45, 7) is 0.931. The van der Waals surface area contributed by atoms with E-state index in [4.69, 9.17) is 9.84 Å². The van der Waals surface area contributed by atoms with E-state index in [1.165, 1.54) is 6.07 Å². The number of alkyl halides is 1. The molecule has 5 heteroatoms. The van der Waals surface area contributed by atoms with E-state index >= 15 is 0 Å². The molecule has 0 aliphatic carbocycles. The van der Waals surface area contributed by atoms with E-state index in [0.29, 0.717) is 13.0 Å². The molecule has 2 rings (SSSR count). The molecule has 1 heterocycles. The molecule has 1 fully saturated rings. The van der Waals surface area contributed by atoms with Gasteiger partial charge in [0.15, 0.2) is 0 Å². The highest BCUT2D eigenvalue weighted by molar-refractivity contribution is 5.90. The van der Waals surface area contributed by atoms with Crippen LogP contribution in [0.2, 0.25) is 0 Å². The summed E-state index contributed by atoms with van der Waals surface area (Å²) in [6, 6.07) is 6.30. The van der Waals surface area contributed by atoms with Crippen LogP contribution >= 0.6 is 0 Å². The Kier molecular flexibility index (Phi) is 3.58. The van der Waals surface area contributed by atoms with Gasteiger partial charge >= 0.3 is 5.97 Å². The third-order valence-corrected chi connectivity index (χ3v) is 2.74. The number of hydrogen-bond donors (Lipinski definition) is 2. The fraction of sp³-hybridized carbons (Fsp3) is 0.417. The molecular formula is C12H14FNO3. The third-order valence-electron chi connectivity index (χ3n) is 2.74. The average Bonchev–Trinajstić information content (AvgIpc) is 2.32. The number of aromatic carboxylic acids is 1. The molecule has 0 radical (unpaired) electrons. The Morgan fingerprint density at radius 1 is 1.47 bits per heavy atom. The molecule has 2 N–H and O–H groups in total. The van der Waals surface area contributed by atoms with Crippen LogP contribution in [0.15, 0.2) is 24.3 Å². The van der Waals surface area contributed by atoms with Gasteiger partial charge in [0.25, 0.3) is 0 Å². The van der Waals surface area contributed by atoms with Gasteiger partial charge in [0.05, 0.1) is 0 Å². The normalized spacial score (nSPS) is 24.3. The van der Waals surface area contributed by atoms with Crippen LogP contribution in [0.25, 0.3) is 0 Å². The van der Waals surface area contributed by atoms with E-state index in [1.54, 1.807) is 18.2 Å². The highest BCUT2D eigenvalue weighted by Crippen LogP contribution is 2.22. The SMILES string of the molecule is O=C(O)c1ccccc1OC1CCNCC1F. The number of piperidine rings is 1. The van der Waals surface area contributed by atoms with Crippen LogP contribution in [0.3, 0.4) is 0 Å². The topological polar surface area (TPSA) is 58.6 Å². The van der Waals surface area contributed by atoms with Gasteiger partial charge in [0.1, 0.15) is 23.6 Å². The van der Waals surface area contributed by atoms with Crippen molar-refractivity contribution >= 4 is 5.97 Å². The molecule has 0 aromatic heterocycles. The summed E-state index contributed by atoms with van der Waals surface area (Å²) < 4.78 is 19.0. The van der Waals surface area contributed by atoms with E-state index in [-0.39, 0.29) is 17.9 Å². The quantitative estimate of drug-likeness (QED) is 0.838. The van der Waals surface area contributed by atoms with Crippen LogP contribution in [0.1, 0.15) is 16.8 Å². The van der Waals surface area contributed by atoms with Gasteiger partial charge in [-0.05, 0) is 25.1 Å². The monoisotopic (exact) mass is 239 g/mol. The number of rotatable bonds is 3.